The van der Waals surface area contributed by atoms with Gasteiger partial charge in [-0.15, -0.1) is 0 Å². The van der Waals surface area contributed by atoms with E-state index in [0.717, 1.165) is 17.9 Å². The number of hydrogen-bond donors (Lipinski definition) is 3. The van der Waals surface area contributed by atoms with Crippen molar-refractivity contribution in [2.45, 2.75) is 19.4 Å². The maximum absolute atomic E-state index is 9.25. The van der Waals surface area contributed by atoms with Gasteiger partial charge in [0.25, 0.3) is 0 Å². The van der Waals surface area contributed by atoms with Crippen molar-refractivity contribution in [3.8, 4) is 5.75 Å². The van der Waals surface area contributed by atoms with Crippen LogP contribution in [0.5, 0.6) is 5.75 Å². The molecule has 3 nitrogen and oxygen atoms in total. The van der Waals surface area contributed by atoms with E-state index in [9.17, 15) is 5.11 Å². The molecule has 0 bridgehead atoms. The van der Waals surface area contributed by atoms with Crippen molar-refractivity contribution >= 4 is 11.4 Å². The minimum Gasteiger partial charge on any atom is -0.508 e. The summed E-state index contributed by atoms with van der Waals surface area (Å²) in [5.41, 5.74) is 2.10. The highest BCUT2D eigenvalue weighted by Gasteiger charge is 2.23. The van der Waals surface area contributed by atoms with Crippen molar-refractivity contribution in [1.82, 2.24) is 0 Å². The third kappa shape index (κ3) is 1.54. The molecule has 0 unspecified atom stereocenters. The topological polar surface area (TPSA) is 44.3 Å². The van der Waals surface area contributed by atoms with Crippen LogP contribution in [0.1, 0.15) is 13.8 Å². The van der Waals surface area contributed by atoms with Crippen LogP contribution in [0.25, 0.3) is 0 Å². The number of hydrogen-bond acceptors (Lipinski definition) is 3. The Hall–Kier alpha value is -1.38. The zero-order valence-corrected chi connectivity index (χ0v) is 7.89. The number of phenolic OH excluding ortho intramolecular Hbond substituents is 1. The van der Waals surface area contributed by atoms with E-state index < -0.39 is 0 Å². The maximum atomic E-state index is 9.25. The van der Waals surface area contributed by atoms with E-state index in [1.807, 2.05) is 6.07 Å². The zero-order valence-electron chi connectivity index (χ0n) is 7.89. The normalized spacial score (nSPS) is 18.3. The quantitative estimate of drug-likeness (QED) is 0.532. The minimum atomic E-state index is 0.0734. The molecule has 1 aromatic carbocycles. The molecule has 3 heteroatoms. The number of benzene rings is 1. The Morgan fingerprint density at radius 2 is 2.08 bits per heavy atom. The van der Waals surface area contributed by atoms with E-state index in [-0.39, 0.29) is 5.54 Å². The van der Waals surface area contributed by atoms with Gasteiger partial charge in [0.15, 0.2) is 0 Å². The highest BCUT2D eigenvalue weighted by atomic mass is 16.3. The van der Waals surface area contributed by atoms with Crippen molar-refractivity contribution in [2.75, 3.05) is 17.2 Å². The molecule has 2 rings (SSSR count). The maximum Gasteiger partial charge on any atom is 0.117 e. The predicted molar refractivity (Wildman–Crippen MR) is 54.3 cm³/mol. The summed E-state index contributed by atoms with van der Waals surface area (Å²) in [5, 5.41) is 15.9. The molecule has 0 aliphatic carbocycles. The zero-order chi connectivity index (χ0) is 9.47. The van der Waals surface area contributed by atoms with Crippen LogP contribution in [0.15, 0.2) is 18.2 Å². The predicted octanol–water partition coefficient (Wildman–Crippen LogP) is 2.01. The van der Waals surface area contributed by atoms with Gasteiger partial charge >= 0.3 is 0 Å². The first-order valence-corrected chi connectivity index (χ1v) is 4.42. The summed E-state index contributed by atoms with van der Waals surface area (Å²) in [6, 6.07) is 5.31. The lowest BCUT2D eigenvalue weighted by Gasteiger charge is -2.34. The molecule has 1 aliphatic rings. The first-order valence-electron chi connectivity index (χ1n) is 4.42. The average molecular weight is 178 g/mol. The second-order valence-corrected chi connectivity index (χ2v) is 4.09. The Morgan fingerprint density at radius 3 is 2.85 bits per heavy atom. The van der Waals surface area contributed by atoms with Gasteiger partial charge in [-0.3, -0.25) is 0 Å². The second kappa shape index (κ2) is 2.55. The fourth-order valence-corrected chi connectivity index (χ4v) is 1.51. The third-order valence-corrected chi connectivity index (χ3v) is 2.20. The first kappa shape index (κ1) is 8.23. The number of nitrogens with one attached hydrogen (secondary N) is 2. The molecular weight excluding hydrogens is 164 g/mol. The molecule has 0 fully saturated rings. The van der Waals surface area contributed by atoms with Crippen LogP contribution in [0, 0.1) is 0 Å². The van der Waals surface area contributed by atoms with Crippen LogP contribution < -0.4 is 10.6 Å². The van der Waals surface area contributed by atoms with E-state index in [2.05, 4.69) is 24.5 Å². The number of anilines is 2. The Balaban J connectivity index is 2.37. The largest absolute Gasteiger partial charge is 0.508 e. The number of aromatic hydroxyl groups is 1. The smallest absolute Gasteiger partial charge is 0.117 e. The molecule has 3 N–H and O–H groups in total. The number of fused-ring (bicyclic) bond motifs is 1. The van der Waals surface area contributed by atoms with Crippen molar-refractivity contribution in [2.24, 2.45) is 0 Å². The molecule has 0 spiro atoms. The Bertz CT molecular complexity index is 334. The van der Waals surface area contributed by atoms with Gasteiger partial charge in [0.05, 0.1) is 11.4 Å². The van der Waals surface area contributed by atoms with Gasteiger partial charge in [0.1, 0.15) is 5.75 Å². The van der Waals surface area contributed by atoms with Gasteiger partial charge in [0.2, 0.25) is 0 Å². The van der Waals surface area contributed by atoms with Gasteiger partial charge in [-0.1, -0.05) is 0 Å². The van der Waals surface area contributed by atoms with Gasteiger partial charge in [-0.25, -0.2) is 0 Å². The Kier molecular flexibility index (Phi) is 1.62. The summed E-state index contributed by atoms with van der Waals surface area (Å²) in [5.74, 6) is 0.299. The molecule has 0 saturated carbocycles. The summed E-state index contributed by atoms with van der Waals surface area (Å²) in [7, 11) is 0. The SMILES string of the molecule is CC1(C)CNc2cc(O)ccc2N1. The first-order chi connectivity index (χ1) is 6.07. The van der Waals surface area contributed by atoms with E-state index in [1.54, 1.807) is 12.1 Å². The van der Waals surface area contributed by atoms with Gasteiger partial charge in [-0.05, 0) is 26.0 Å². The molecule has 1 aromatic rings. The summed E-state index contributed by atoms with van der Waals surface area (Å²) >= 11 is 0. The van der Waals surface area contributed by atoms with Crippen LogP contribution in [0.3, 0.4) is 0 Å². The molecular formula is C10H14N2O. The van der Waals surface area contributed by atoms with Crippen LogP contribution in [-0.2, 0) is 0 Å². The Morgan fingerprint density at radius 1 is 1.31 bits per heavy atom. The molecule has 13 heavy (non-hydrogen) atoms. The lowest BCUT2D eigenvalue weighted by atomic mass is 10.0. The van der Waals surface area contributed by atoms with E-state index in [1.165, 1.54) is 0 Å². The average Bonchev–Trinajstić information content (AvgIpc) is 2.05. The molecule has 0 atom stereocenters. The molecule has 70 valence electrons. The monoisotopic (exact) mass is 178 g/mol. The molecule has 0 saturated heterocycles. The Labute approximate surface area is 77.8 Å². The summed E-state index contributed by atoms with van der Waals surface area (Å²) in [4.78, 5) is 0. The van der Waals surface area contributed by atoms with Gasteiger partial charge in [0, 0.05) is 18.2 Å². The highest BCUT2D eigenvalue weighted by Crippen LogP contribution is 2.32. The fourth-order valence-electron chi connectivity index (χ4n) is 1.51. The molecule has 1 heterocycles. The van der Waals surface area contributed by atoms with Crippen molar-refractivity contribution in [1.29, 1.82) is 0 Å². The lowest BCUT2D eigenvalue weighted by Crippen LogP contribution is -2.42. The van der Waals surface area contributed by atoms with E-state index in [0.29, 0.717) is 5.75 Å². The highest BCUT2D eigenvalue weighted by molar-refractivity contribution is 5.73. The van der Waals surface area contributed by atoms with Crippen LogP contribution >= 0.6 is 0 Å². The van der Waals surface area contributed by atoms with Gasteiger partial charge in [-0.2, -0.15) is 0 Å². The van der Waals surface area contributed by atoms with Crippen molar-refractivity contribution in [3.63, 3.8) is 0 Å². The minimum absolute atomic E-state index is 0.0734. The van der Waals surface area contributed by atoms with Crippen LogP contribution in [0.4, 0.5) is 11.4 Å². The summed E-state index contributed by atoms with van der Waals surface area (Å²) < 4.78 is 0. The number of phenols is 1. The molecule has 0 amide bonds. The molecule has 1 aliphatic heterocycles. The number of rotatable bonds is 0. The van der Waals surface area contributed by atoms with Crippen molar-refractivity contribution < 1.29 is 5.11 Å². The summed E-state index contributed by atoms with van der Waals surface area (Å²) in [6.45, 7) is 5.13. The standard InChI is InChI=1S/C10H14N2O/c1-10(2)6-11-9-5-7(13)3-4-8(9)12-10/h3-5,11-13H,6H2,1-2H3. The van der Waals surface area contributed by atoms with Crippen LogP contribution in [-0.4, -0.2) is 17.2 Å². The fraction of sp³-hybridized carbons (Fsp3) is 0.400. The second-order valence-electron chi connectivity index (χ2n) is 4.09. The van der Waals surface area contributed by atoms with Crippen molar-refractivity contribution in [3.05, 3.63) is 18.2 Å². The summed E-state index contributed by atoms with van der Waals surface area (Å²) in [6.07, 6.45) is 0. The van der Waals surface area contributed by atoms with E-state index >= 15 is 0 Å². The van der Waals surface area contributed by atoms with Gasteiger partial charge < -0.3 is 15.7 Å². The van der Waals surface area contributed by atoms with E-state index in [4.69, 9.17) is 0 Å². The van der Waals surface area contributed by atoms with Crippen LogP contribution in [0.2, 0.25) is 0 Å². The third-order valence-electron chi connectivity index (χ3n) is 2.20. The lowest BCUT2D eigenvalue weighted by molar-refractivity contribution is 0.475. The molecule has 0 aromatic heterocycles. The molecule has 0 radical (unpaired) electrons.